The molecule has 0 saturated carbocycles. The van der Waals surface area contributed by atoms with Crippen LogP contribution in [0, 0.1) is 0 Å². The summed E-state index contributed by atoms with van der Waals surface area (Å²) in [5.41, 5.74) is -0.558. The summed E-state index contributed by atoms with van der Waals surface area (Å²) in [6.45, 7) is -1.04. The topological polar surface area (TPSA) is 55.1 Å². The molecule has 0 fully saturated rings. The molecule has 1 unspecified atom stereocenters. The highest BCUT2D eigenvalue weighted by Gasteiger charge is 2.06. The van der Waals surface area contributed by atoms with Crippen LogP contribution in [-0.2, 0) is 6.54 Å². The Balaban J connectivity index is 2.87. The molecule has 13 heavy (non-hydrogen) atoms. The normalized spacial score (nSPS) is 12.8. The molecule has 1 aromatic heterocycles. The van der Waals surface area contributed by atoms with Crippen molar-refractivity contribution in [3.8, 4) is 0 Å². The van der Waals surface area contributed by atoms with Crippen molar-refractivity contribution in [2.45, 2.75) is 12.6 Å². The van der Waals surface area contributed by atoms with E-state index in [4.69, 9.17) is 16.7 Å². The van der Waals surface area contributed by atoms with Crippen molar-refractivity contribution >= 4 is 11.6 Å². The minimum Gasteiger partial charge on any atom is -0.389 e. The van der Waals surface area contributed by atoms with Crippen LogP contribution in [0.4, 0.5) is 4.39 Å². The van der Waals surface area contributed by atoms with Gasteiger partial charge in [-0.1, -0.05) is 11.6 Å². The molecule has 6 heteroatoms. The van der Waals surface area contributed by atoms with Gasteiger partial charge in [-0.05, 0) is 0 Å². The van der Waals surface area contributed by atoms with E-state index in [2.05, 4.69) is 4.98 Å². The molecule has 0 aliphatic rings. The van der Waals surface area contributed by atoms with E-state index in [1.54, 1.807) is 0 Å². The first kappa shape index (κ1) is 10.1. The van der Waals surface area contributed by atoms with Crippen LogP contribution in [0.1, 0.15) is 0 Å². The fourth-order valence-corrected chi connectivity index (χ4v) is 1.00. The Labute approximate surface area is 78.6 Å². The molecule has 1 aromatic rings. The van der Waals surface area contributed by atoms with Crippen LogP contribution < -0.4 is 5.69 Å². The molecule has 4 nitrogen and oxygen atoms in total. The highest BCUT2D eigenvalue weighted by molar-refractivity contribution is 6.30. The lowest BCUT2D eigenvalue weighted by molar-refractivity contribution is 0.120. The maximum Gasteiger partial charge on any atom is 0.347 e. The van der Waals surface area contributed by atoms with Crippen LogP contribution in [-0.4, -0.2) is 27.4 Å². The number of nitrogens with zero attached hydrogens (tertiary/aromatic N) is 2. The quantitative estimate of drug-likeness (QED) is 0.770. The first-order valence-corrected chi connectivity index (χ1v) is 3.97. The molecule has 0 aliphatic carbocycles. The van der Waals surface area contributed by atoms with Gasteiger partial charge in [0.1, 0.15) is 12.8 Å². The van der Waals surface area contributed by atoms with Crippen molar-refractivity contribution in [1.82, 2.24) is 9.55 Å². The fraction of sp³-hybridized carbons (Fsp3) is 0.429. The monoisotopic (exact) mass is 206 g/mol. The summed E-state index contributed by atoms with van der Waals surface area (Å²) >= 11 is 5.55. The summed E-state index contributed by atoms with van der Waals surface area (Å²) in [5, 5.41) is 9.19. The second-order valence-electron chi connectivity index (χ2n) is 2.52. The van der Waals surface area contributed by atoms with Gasteiger partial charge in [0.25, 0.3) is 0 Å². The third-order valence-electron chi connectivity index (χ3n) is 1.41. The van der Waals surface area contributed by atoms with Gasteiger partial charge in [0.2, 0.25) is 0 Å². The molecule has 0 saturated heterocycles. The van der Waals surface area contributed by atoms with E-state index in [-0.39, 0.29) is 11.6 Å². The molecule has 0 aromatic carbocycles. The third-order valence-corrected chi connectivity index (χ3v) is 1.60. The smallest absolute Gasteiger partial charge is 0.347 e. The van der Waals surface area contributed by atoms with Gasteiger partial charge in [0.15, 0.2) is 0 Å². The van der Waals surface area contributed by atoms with E-state index < -0.39 is 18.5 Å². The average molecular weight is 207 g/mol. The molecule has 0 radical (unpaired) electrons. The largest absolute Gasteiger partial charge is 0.389 e. The van der Waals surface area contributed by atoms with Crippen molar-refractivity contribution in [3.05, 3.63) is 27.9 Å². The number of aliphatic hydroxyl groups is 1. The Bertz CT molecular complexity index is 342. The number of alkyl halides is 1. The Morgan fingerprint density at radius 3 is 3.08 bits per heavy atom. The first-order valence-electron chi connectivity index (χ1n) is 3.59. The Morgan fingerprint density at radius 1 is 1.77 bits per heavy atom. The SMILES string of the molecule is O=c1ncc(Cl)cn1CC(O)CF. The number of halogens is 2. The van der Waals surface area contributed by atoms with Gasteiger partial charge >= 0.3 is 5.69 Å². The van der Waals surface area contributed by atoms with Gasteiger partial charge in [-0.15, -0.1) is 0 Å². The second kappa shape index (κ2) is 4.34. The zero-order chi connectivity index (χ0) is 9.84. The van der Waals surface area contributed by atoms with Gasteiger partial charge in [-0.3, -0.25) is 4.57 Å². The number of rotatable bonds is 3. The number of hydrogen-bond acceptors (Lipinski definition) is 3. The fourth-order valence-electron chi connectivity index (χ4n) is 0.835. The average Bonchev–Trinajstić information content (AvgIpc) is 2.11. The molecule has 0 amide bonds. The molecule has 1 atom stereocenters. The number of hydrogen-bond donors (Lipinski definition) is 1. The summed E-state index contributed by atoms with van der Waals surface area (Å²) in [6.07, 6.45) is 1.30. The molecule has 0 bridgehead atoms. The molecule has 72 valence electrons. The van der Waals surface area contributed by atoms with Crippen molar-refractivity contribution < 1.29 is 9.50 Å². The summed E-state index contributed by atoms with van der Waals surface area (Å²) in [5.74, 6) is 0. The van der Waals surface area contributed by atoms with Crippen LogP contribution >= 0.6 is 11.6 Å². The zero-order valence-electron chi connectivity index (χ0n) is 6.65. The van der Waals surface area contributed by atoms with E-state index in [1.165, 1.54) is 12.4 Å². The lowest BCUT2D eigenvalue weighted by atomic mass is 10.4. The van der Waals surface area contributed by atoms with Gasteiger partial charge in [-0.25, -0.2) is 14.2 Å². The van der Waals surface area contributed by atoms with Gasteiger partial charge < -0.3 is 5.11 Å². The highest BCUT2D eigenvalue weighted by atomic mass is 35.5. The minimum atomic E-state index is -1.20. The van der Waals surface area contributed by atoms with Crippen LogP contribution in [0.3, 0.4) is 0 Å². The van der Waals surface area contributed by atoms with E-state index in [1.807, 2.05) is 0 Å². The van der Waals surface area contributed by atoms with Gasteiger partial charge in [0, 0.05) is 6.20 Å². The Hall–Kier alpha value is -0.940. The van der Waals surface area contributed by atoms with Crippen LogP contribution in [0.25, 0.3) is 0 Å². The molecule has 0 spiro atoms. The number of aromatic nitrogens is 2. The zero-order valence-corrected chi connectivity index (χ0v) is 7.41. The molecular weight excluding hydrogens is 199 g/mol. The number of aliphatic hydroxyl groups excluding tert-OH is 1. The van der Waals surface area contributed by atoms with E-state index in [0.717, 1.165) is 4.57 Å². The minimum absolute atomic E-state index is 0.136. The van der Waals surface area contributed by atoms with Gasteiger partial charge in [0.05, 0.1) is 17.8 Å². The second-order valence-corrected chi connectivity index (χ2v) is 2.95. The van der Waals surface area contributed by atoms with Crippen LogP contribution in [0.15, 0.2) is 17.2 Å². The summed E-state index contributed by atoms with van der Waals surface area (Å²) in [4.78, 5) is 14.4. The Morgan fingerprint density at radius 2 is 2.46 bits per heavy atom. The summed E-state index contributed by atoms with van der Waals surface area (Å²) in [6, 6.07) is 0. The summed E-state index contributed by atoms with van der Waals surface area (Å²) in [7, 11) is 0. The lowest BCUT2D eigenvalue weighted by Gasteiger charge is -2.07. The molecular formula is C7H8ClFN2O2. The predicted molar refractivity (Wildman–Crippen MR) is 45.5 cm³/mol. The summed E-state index contributed by atoms with van der Waals surface area (Å²) < 4.78 is 12.9. The molecule has 1 heterocycles. The van der Waals surface area contributed by atoms with Crippen molar-refractivity contribution in [1.29, 1.82) is 0 Å². The van der Waals surface area contributed by atoms with Crippen molar-refractivity contribution in [2.24, 2.45) is 0 Å². The third kappa shape index (κ3) is 2.78. The first-order chi connectivity index (χ1) is 6.13. The standard InChI is InChI=1S/C7H8ClFN2O2/c8-5-2-10-7(13)11(3-5)4-6(12)1-9/h2-3,6,12H,1,4H2. The predicted octanol–water partition coefficient (Wildman–Crippen LogP) is 0.227. The van der Waals surface area contributed by atoms with Crippen LogP contribution in [0.5, 0.6) is 0 Å². The van der Waals surface area contributed by atoms with Crippen LogP contribution in [0.2, 0.25) is 5.02 Å². The molecule has 1 N–H and O–H groups in total. The molecule has 1 rings (SSSR count). The van der Waals surface area contributed by atoms with Crippen molar-refractivity contribution in [2.75, 3.05) is 6.67 Å². The Kier molecular flexibility index (Phi) is 3.39. The lowest BCUT2D eigenvalue weighted by Crippen LogP contribution is -2.28. The van der Waals surface area contributed by atoms with Crippen molar-refractivity contribution in [3.63, 3.8) is 0 Å². The van der Waals surface area contributed by atoms with Gasteiger partial charge in [-0.2, -0.15) is 0 Å². The highest BCUT2D eigenvalue weighted by Crippen LogP contribution is 2.01. The molecule has 0 aliphatic heterocycles. The maximum absolute atomic E-state index is 11.9. The van der Waals surface area contributed by atoms with E-state index in [9.17, 15) is 9.18 Å². The van der Waals surface area contributed by atoms with E-state index in [0.29, 0.717) is 0 Å². The van der Waals surface area contributed by atoms with E-state index >= 15 is 0 Å². The maximum atomic E-state index is 11.9.